The molecule has 4 rings (SSSR count). The Kier molecular flexibility index (Phi) is 6.05. The standard InChI is InChI=1S/C26H30N2O2/c1-3-18(2)25(27)16-28(26(29)24-15-23(24)21-13-14-30-17-21)22-11-9-20(10-12-22)19-7-5-4-6-8-19/h4-14,17-18,23-25H,3,15-16,27H2,1-2H3/t18-,23-,24+,25+/m0/s1. The summed E-state index contributed by atoms with van der Waals surface area (Å²) in [6.07, 6.45) is 5.29. The highest BCUT2D eigenvalue weighted by Gasteiger charge is 2.46. The van der Waals surface area contributed by atoms with Gasteiger partial charge < -0.3 is 15.1 Å². The van der Waals surface area contributed by atoms with Crippen molar-refractivity contribution in [1.29, 1.82) is 0 Å². The molecular formula is C26H30N2O2. The topological polar surface area (TPSA) is 59.5 Å². The first-order valence-corrected chi connectivity index (χ1v) is 10.8. The summed E-state index contributed by atoms with van der Waals surface area (Å²) in [5, 5.41) is 0. The van der Waals surface area contributed by atoms with Crippen molar-refractivity contribution in [2.24, 2.45) is 17.6 Å². The number of nitrogens with zero attached hydrogens (tertiary/aromatic N) is 1. The quantitative estimate of drug-likeness (QED) is 0.544. The van der Waals surface area contributed by atoms with Crippen LogP contribution in [0.1, 0.15) is 38.2 Å². The first kappa shape index (κ1) is 20.4. The Hall–Kier alpha value is -2.85. The number of benzene rings is 2. The van der Waals surface area contributed by atoms with Crippen LogP contribution in [-0.2, 0) is 4.79 Å². The molecule has 2 aromatic carbocycles. The third kappa shape index (κ3) is 4.34. The Labute approximate surface area is 178 Å². The Bertz CT molecular complexity index is 950. The van der Waals surface area contributed by atoms with E-state index in [1.165, 1.54) is 5.56 Å². The minimum Gasteiger partial charge on any atom is -0.472 e. The molecule has 2 N–H and O–H groups in total. The molecule has 30 heavy (non-hydrogen) atoms. The van der Waals surface area contributed by atoms with E-state index in [4.69, 9.17) is 10.2 Å². The number of amides is 1. The van der Waals surface area contributed by atoms with Gasteiger partial charge in [-0.15, -0.1) is 0 Å². The summed E-state index contributed by atoms with van der Waals surface area (Å²) >= 11 is 0. The lowest BCUT2D eigenvalue weighted by Gasteiger charge is -2.29. The molecule has 0 spiro atoms. The smallest absolute Gasteiger partial charge is 0.230 e. The zero-order valence-electron chi connectivity index (χ0n) is 17.7. The average Bonchev–Trinajstić information content (AvgIpc) is 3.41. The normalized spacial score (nSPS) is 19.8. The molecule has 1 aromatic heterocycles. The third-order valence-corrected chi connectivity index (χ3v) is 6.40. The monoisotopic (exact) mass is 402 g/mol. The SMILES string of the molecule is CC[C@H](C)[C@H](N)CN(C(=O)[C@@H]1C[C@H]1c1ccoc1)c1ccc(-c2ccccc2)cc1. The van der Waals surface area contributed by atoms with Crippen molar-refractivity contribution in [2.75, 3.05) is 11.4 Å². The predicted molar refractivity (Wildman–Crippen MR) is 121 cm³/mol. The fourth-order valence-corrected chi connectivity index (χ4v) is 4.00. The van der Waals surface area contributed by atoms with Crippen LogP contribution in [0, 0.1) is 11.8 Å². The van der Waals surface area contributed by atoms with Crippen LogP contribution in [0.5, 0.6) is 0 Å². The first-order chi connectivity index (χ1) is 14.6. The number of carbonyl (C=O) groups is 1. The summed E-state index contributed by atoms with van der Waals surface area (Å²) in [7, 11) is 0. The van der Waals surface area contributed by atoms with E-state index in [1.807, 2.05) is 41.3 Å². The average molecular weight is 403 g/mol. The van der Waals surface area contributed by atoms with E-state index in [1.54, 1.807) is 12.5 Å². The molecule has 4 atom stereocenters. The van der Waals surface area contributed by atoms with Gasteiger partial charge in [0.15, 0.2) is 0 Å². The van der Waals surface area contributed by atoms with Gasteiger partial charge in [-0.1, -0.05) is 62.7 Å². The highest BCUT2D eigenvalue weighted by atomic mass is 16.3. The molecule has 3 aromatic rings. The van der Waals surface area contributed by atoms with E-state index in [9.17, 15) is 4.79 Å². The number of anilines is 1. The summed E-state index contributed by atoms with van der Waals surface area (Å²) in [4.78, 5) is 15.4. The van der Waals surface area contributed by atoms with Crippen molar-refractivity contribution in [3.8, 4) is 11.1 Å². The minimum atomic E-state index is -0.0566. The lowest BCUT2D eigenvalue weighted by atomic mass is 9.98. The maximum Gasteiger partial charge on any atom is 0.230 e. The second-order valence-electron chi connectivity index (χ2n) is 8.42. The third-order valence-electron chi connectivity index (χ3n) is 6.40. The molecule has 0 radical (unpaired) electrons. The number of nitrogens with two attached hydrogens (primary N) is 1. The lowest BCUT2D eigenvalue weighted by molar-refractivity contribution is -0.120. The van der Waals surface area contributed by atoms with Crippen LogP contribution in [0.15, 0.2) is 77.6 Å². The largest absolute Gasteiger partial charge is 0.472 e. The summed E-state index contributed by atoms with van der Waals surface area (Å²) in [5.74, 6) is 0.767. The molecule has 1 aliphatic rings. The fourth-order valence-electron chi connectivity index (χ4n) is 4.00. The summed E-state index contributed by atoms with van der Waals surface area (Å²) in [6.45, 7) is 4.82. The van der Waals surface area contributed by atoms with Gasteiger partial charge in [0.2, 0.25) is 5.91 Å². The van der Waals surface area contributed by atoms with Crippen LogP contribution in [0.4, 0.5) is 5.69 Å². The second kappa shape index (κ2) is 8.88. The van der Waals surface area contributed by atoms with Crippen LogP contribution in [0.25, 0.3) is 11.1 Å². The molecular weight excluding hydrogens is 372 g/mol. The Balaban J connectivity index is 1.56. The molecule has 1 saturated carbocycles. The maximum atomic E-state index is 13.5. The van der Waals surface area contributed by atoms with E-state index >= 15 is 0 Å². The van der Waals surface area contributed by atoms with Crippen LogP contribution < -0.4 is 10.6 Å². The van der Waals surface area contributed by atoms with Crippen LogP contribution in [0.2, 0.25) is 0 Å². The highest BCUT2D eigenvalue weighted by Crippen LogP contribution is 2.49. The van der Waals surface area contributed by atoms with Crippen molar-refractivity contribution >= 4 is 11.6 Å². The zero-order chi connectivity index (χ0) is 21.1. The van der Waals surface area contributed by atoms with Gasteiger partial charge >= 0.3 is 0 Å². The predicted octanol–water partition coefficient (Wildman–Crippen LogP) is 5.46. The second-order valence-corrected chi connectivity index (χ2v) is 8.42. The summed E-state index contributed by atoms with van der Waals surface area (Å²) < 4.78 is 5.21. The van der Waals surface area contributed by atoms with Gasteiger partial charge in [-0.3, -0.25) is 4.79 Å². The molecule has 1 aliphatic carbocycles. The van der Waals surface area contributed by atoms with Crippen molar-refractivity contribution in [1.82, 2.24) is 0 Å². The number of furan rings is 1. The van der Waals surface area contributed by atoms with Gasteiger partial charge in [0.25, 0.3) is 0 Å². The molecule has 1 heterocycles. The summed E-state index contributed by atoms with van der Waals surface area (Å²) in [5.41, 5.74) is 10.8. The summed E-state index contributed by atoms with van der Waals surface area (Å²) in [6, 6.07) is 20.4. The van der Waals surface area contributed by atoms with Gasteiger partial charge in [-0.05, 0) is 53.1 Å². The van der Waals surface area contributed by atoms with Gasteiger partial charge in [0.05, 0.1) is 12.5 Å². The van der Waals surface area contributed by atoms with E-state index in [0.29, 0.717) is 12.5 Å². The van der Waals surface area contributed by atoms with Crippen molar-refractivity contribution in [3.05, 3.63) is 78.8 Å². The minimum absolute atomic E-state index is 0.000493. The van der Waals surface area contributed by atoms with Crippen molar-refractivity contribution in [3.63, 3.8) is 0 Å². The molecule has 0 bridgehead atoms. The molecule has 156 valence electrons. The Morgan fingerprint density at radius 1 is 1.10 bits per heavy atom. The lowest BCUT2D eigenvalue weighted by Crippen LogP contribution is -2.45. The van der Waals surface area contributed by atoms with Gasteiger partial charge in [0.1, 0.15) is 0 Å². The number of rotatable bonds is 8. The molecule has 0 unspecified atom stereocenters. The highest BCUT2D eigenvalue weighted by molar-refractivity contribution is 5.97. The van der Waals surface area contributed by atoms with Crippen LogP contribution in [0.3, 0.4) is 0 Å². The Morgan fingerprint density at radius 3 is 2.43 bits per heavy atom. The van der Waals surface area contributed by atoms with Crippen LogP contribution >= 0.6 is 0 Å². The zero-order valence-corrected chi connectivity index (χ0v) is 17.7. The van der Waals surface area contributed by atoms with E-state index in [-0.39, 0.29) is 23.8 Å². The van der Waals surface area contributed by atoms with Crippen molar-refractivity contribution < 1.29 is 9.21 Å². The molecule has 4 nitrogen and oxygen atoms in total. The molecule has 1 fully saturated rings. The first-order valence-electron chi connectivity index (χ1n) is 10.8. The number of hydrogen-bond acceptors (Lipinski definition) is 3. The molecule has 4 heteroatoms. The Morgan fingerprint density at radius 2 is 1.80 bits per heavy atom. The van der Waals surface area contributed by atoms with Gasteiger partial charge in [-0.25, -0.2) is 0 Å². The number of hydrogen-bond donors (Lipinski definition) is 1. The van der Waals surface area contributed by atoms with Gasteiger partial charge in [0, 0.05) is 24.2 Å². The van der Waals surface area contributed by atoms with Crippen LogP contribution in [-0.4, -0.2) is 18.5 Å². The van der Waals surface area contributed by atoms with Crippen molar-refractivity contribution in [2.45, 2.75) is 38.6 Å². The molecule has 0 saturated heterocycles. The maximum absolute atomic E-state index is 13.5. The van der Waals surface area contributed by atoms with E-state index < -0.39 is 0 Å². The van der Waals surface area contributed by atoms with E-state index in [2.05, 4.69) is 38.1 Å². The van der Waals surface area contributed by atoms with Gasteiger partial charge in [-0.2, -0.15) is 0 Å². The van der Waals surface area contributed by atoms with E-state index in [0.717, 1.165) is 29.7 Å². The molecule has 1 amide bonds. The number of carbonyl (C=O) groups excluding carboxylic acids is 1. The fraction of sp³-hybridized carbons (Fsp3) is 0.346. The molecule has 0 aliphatic heterocycles.